The number of hydrogen-bond acceptors (Lipinski definition) is 6. The molecule has 150 valence electrons. The van der Waals surface area contributed by atoms with Crippen molar-refractivity contribution in [3.63, 3.8) is 0 Å². The Kier molecular flexibility index (Phi) is 4.18. The number of fused-ring (bicyclic) bond motifs is 4. The Morgan fingerprint density at radius 1 is 1.17 bits per heavy atom. The minimum absolute atomic E-state index is 0.0292. The maximum atomic E-state index is 14.5. The highest BCUT2D eigenvalue weighted by Gasteiger charge is 2.44. The van der Waals surface area contributed by atoms with E-state index < -0.39 is 29.6 Å². The van der Waals surface area contributed by atoms with Crippen molar-refractivity contribution in [3.05, 3.63) is 36.0 Å². The molecule has 3 aliphatic carbocycles. The van der Waals surface area contributed by atoms with E-state index >= 15 is 0 Å². The van der Waals surface area contributed by atoms with Crippen molar-refractivity contribution in [2.75, 3.05) is 5.32 Å². The Balaban J connectivity index is 1.51. The number of carbonyl (C=O) groups is 1. The molecule has 2 atom stereocenters. The van der Waals surface area contributed by atoms with Crippen molar-refractivity contribution in [1.82, 2.24) is 20.2 Å². The molecule has 2 bridgehead atoms. The summed E-state index contributed by atoms with van der Waals surface area (Å²) in [5.74, 6) is -2.72. The van der Waals surface area contributed by atoms with Crippen LogP contribution >= 0.6 is 0 Å². The summed E-state index contributed by atoms with van der Waals surface area (Å²) >= 11 is 0. The lowest BCUT2D eigenvalue weighted by molar-refractivity contribution is -0.316. The summed E-state index contributed by atoms with van der Waals surface area (Å²) in [6.45, 7) is 0. The first-order chi connectivity index (χ1) is 14.0. The first-order valence-corrected chi connectivity index (χ1v) is 9.65. The molecule has 0 spiro atoms. The Bertz CT molecular complexity index is 1090. The lowest BCUT2D eigenvalue weighted by Gasteiger charge is -2.49. The number of carboxylic acid groups (broad SMARTS) is 1. The minimum atomic E-state index is -1.10. The Morgan fingerprint density at radius 3 is 2.69 bits per heavy atom. The number of aromatic nitrogens is 4. The molecule has 0 amide bonds. The molecule has 3 saturated carbocycles. The standard InChI is InChI=1S/C20H19F2N5O2/c21-11-7-12-17(26-27-18(12)23-8-11)14-6-5-13(22)19(24-14)25-16-10-3-1-9(2-4-10)15(16)20(28)29/h5-10,15-16H,1-4H2,(H,24,25)(H,28,29)(H,23,26,27)/p-1/t9?,10?,15-,16-/m0/s1. The first-order valence-electron chi connectivity index (χ1n) is 9.65. The fourth-order valence-corrected chi connectivity index (χ4v) is 4.91. The zero-order valence-corrected chi connectivity index (χ0v) is 15.4. The van der Waals surface area contributed by atoms with Gasteiger partial charge in [-0.3, -0.25) is 5.10 Å². The summed E-state index contributed by atoms with van der Waals surface area (Å²) in [7, 11) is 0. The molecule has 3 aliphatic rings. The van der Waals surface area contributed by atoms with Gasteiger partial charge in [0, 0.05) is 17.9 Å². The number of carbonyl (C=O) groups excluding carboxylic acids is 1. The number of nitrogens with one attached hydrogen (secondary N) is 2. The molecule has 0 aliphatic heterocycles. The summed E-state index contributed by atoms with van der Waals surface area (Å²) in [6, 6.07) is 3.56. The van der Waals surface area contributed by atoms with Crippen LogP contribution in [0.1, 0.15) is 25.7 Å². The van der Waals surface area contributed by atoms with Gasteiger partial charge >= 0.3 is 0 Å². The third-order valence-corrected chi connectivity index (χ3v) is 6.27. The predicted octanol–water partition coefficient (Wildman–Crippen LogP) is 2.26. The number of hydrogen-bond donors (Lipinski definition) is 2. The van der Waals surface area contributed by atoms with E-state index in [0.29, 0.717) is 22.4 Å². The van der Waals surface area contributed by atoms with Gasteiger partial charge in [-0.15, -0.1) is 0 Å². The molecule has 0 saturated heterocycles. The Hall–Kier alpha value is -3.10. The van der Waals surface area contributed by atoms with Gasteiger partial charge in [-0.2, -0.15) is 5.10 Å². The van der Waals surface area contributed by atoms with E-state index in [1.54, 1.807) is 0 Å². The number of halogens is 2. The van der Waals surface area contributed by atoms with Gasteiger partial charge in [-0.25, -0.2) is 18.7 Å². The van der Waals surface area contributed by atoms with Crippen molar-refractivity contribution in [3.8, 4) is 11.4 Å². The van der Waals surface area contributed by atoms with Crippen molar-refractivity contribution in [1.29, 1.82) is 0 Å². The van der Waals surface area contributed by atoms with Crippen LogP contribution < -0.4 is 10.4 Å². The van der Waals surface area contributed by atoms with Crippen LogP contribution in [0.4, 0.5) is 14.6 Å². The topological polar surface area (TPSA) is 107 Å². The molecule has 7 nitrogen and oxygen atoms in total. The Morgan fingerprint density at radius 2 is 1.93 bits per heavy atom. The highest BCUT2D eigenvalue weighted by molar-refractivity contribution is 5.89. The van der Waals surface area contributed by atoms with E-state index in [1.807, 2.05) is 0 Å². The maximum Gasteiger partial charge on any atom is 0.181 e. The van der Waals surface area contributed by atoms with Crippen molar-refractivity contribution in [2.24, 2.45) is 17.8 Å². The largest absolute Gasteiger partial charge is 0.550 e. The van der Waals surface area contributed by atoms with Gasteiger partial charge in [0.05, 0.1) is 23.0 Å². The number of H-pyrrole nitrogens is 1. The molecule has 6 rings (SSSR count). The summed E-state index contributed by atoms with van der Waals surface area (Å²) < 4.78 is 28.1. The van der Waals surface area contributed by atoms with Crippen LogP contribution in [0.15, 0.2) is 24.4 Å². The second kappa shape index (κ2) is 6.75. The fraction of sp³-hybridized carbons (Fsp3) is 0.400. The van der Waals surface area contributed by atoms with Gasteiger partial charge in [0.1, 0.15) is 5.82 Å². The zero-order valence-electron chi connectivity index (χ0n) is 15.4. The van der Waals surface area contributed by atoms with E-state index in [-0.39, 0.29) is 17.7 Å². The predicted molar refractivity (Wildman–Crippen MR) is 98.4 cm³/mol. The second-order valence-electron chi connectivity index (χ2n) is 7.84. The van der Waals surface area contributed by atoms with Gasteiger partial charge in [0.2, 0.25) is 0 Å². The SMILES string of the molecule is O=C([O-])[C@H]1C2CCC(CC2)[C@@H]1Nc1nc(-c2[nH]nc3ncc(F)cc23)ccc1F. The molecule has 2 N–H and O–H groups in total. The van der Waals surface area contributed by atoms with Crippen LogP contribution in [-0.2, 0) is 4.79 Å². The molecular formula is C20H18F2N5O2-. The van der Waals surface area contributed by atoms with Crippen LogP contribution in [0, 0.1) is 29.4 Å². The average molecular weight is 398 g/mol. The number of aromatic amines is 1. The smallest absolute Gasteiger partial charge is 0.181 e. The highest BCUT2D eigenvalue weighted by Crippen LogP contribution is 2.46. The molecule has 0 radical (unpaired) electrons. The molecule has 0 aromatic carbocycles. The van der Waals surface area contributed by atoms with Crippen LogP contribution in [0.3, 0.4) is 0 Å². The maximum absolute atomic E-state index is 14.5. The van der Waals surface area contributed by atoms with Gasteiger partial charge in [0.15, 0.2) is 17.3 Å². The van der Waals surface area contributed by atoms with Gasteiger partial charge in [-0.1, -0.05) is 0 Å². The van der Waals surface area contributed by atoms with Crippen LogP contribution in [0.2, 0.25) is 0 Å². The minimum Gasteiger partial charge on any atom is -0.550 e. The molecule has 0 unspecified atom stereocenters. The van der Waals surface area contributed by atoms with Crippen molar-refractivity contribution in [2.45, 2.75) is 31.7 Å². The summed E-state index contributed by atoms with van der Waals surface area (Å²) in [4.78, 5) is 20.0. The lowest BCUT2D eigenvalue weighted by Crippen LogP contribution is -2.55. The number of anilines is 1. The van der Waals surface area contributed by atoms with Crippen LogP contribution in [0.5, 0.6) is 0 Å². The van der Waals surface area contributed by atoms with Crippen molar-refractivity contribution < 1.29 is 18.7 Å². The molecular weight excluding hydrogens is 380 g/mol. The number of nitrogens with zero attached hydrogens (tertiary/aromatic N) is 3. The van der Waals surface area contributed by atoms with E-state index in [2.05, 4.69) is 25.5 Å². The lowest BCUT2D eigenvalue weighted by atomic mass is 9.61. The van der Waals surface area contributed by atoms with E-state index in [0.717, 1.165) is 31.9 Å². The highest BCUT2D eigenvalue weighted by atomic mass is 19.1. The first kappa shape index (κ1) is 18.0. The third-order valence-electron chi connectivity index (χ3n) is 6.27. The third kappa shape index (κ3) is 3.01. The molecule has 3 fully saturated rings. The van der Waals surface area contributed by atoms with Crippen molar-refractivity contribution >= 4 is 22.8 Å². The molecule has 3 aromatic rings. The average Bonchev–Trinajstić information content (AvgIpc) is 3.13. The van der Waals surface area contributed by atoms with E-state index in [9.17, 15) is 18.7 Å². The summed E-state index contributed by atoms with van der Waals surface area (Å²) in [5, 5.41) is 22.0. The number of pyridine rings is 2. The normalized spacial score (nSPS) is 26.0. The van der Waals surface area contributed by atoms with Gasteiger partial charge in [-0.05, 0) is 55.7 Å². The second-order valence-corrected chi connectivity index (χ2v) is 7.84. The number of carboxylic acids is 1. The number of rotatable bonds is 4. The van der Waals surface area contributed by atoms with Gasteiger partial charge < -0.3 is 15.2 Å². The van der Waals surface area contributed by atoms with Crippen LogP contribution in [0.25, 0.3) is 22.4 Å². The van der Waals surface area contributed by atoms with Gasteiger partial charge in [0.25, 0.3) is 0 Å². The zero-order chi connectivity index (χ0) is 20.1. The van der Waals surface area contributed by atoms with E-state index in [4.69, 9.17) is 0 Å². The summed E-state index contributed by atoms with van der Waals surface area (Å²) in [5.41, 5.74) is 1.09. The monoisotopic (exact) mass is 398 g/mol. The number of aliphatic carboxylic acids is 1. The van der Waals surface area contributed by atoms with E-state index in [1.165, 1.54) is 18.2 Å². The molecule has 29 heavy (non-hydrogen) atoms. The molecule has 9 heteroatoms. The fourth-order valence-electron chi connectivity index (χ4n) is 4.91. The Labute approximate surface area is 164 Å². The van der Waals surface area contributed by atoms with Crippen LogP contribution in [-0.4, -0.2) is 32.2 Å². The quantitative estimate of drug-likeness (QED) is 0.698. The summed E-state index contributed by atoms with van der Waals surface area (Å²) in [6.07, 6.45) is 4.59. The molecule has 3 heterocycles. The molecule has 3 aromatic heterocycles.